The molecule has 0 atom stereocenters. The van der Waals surface area contributed by atoms with Gasteiger partial charge in [-0.2, -0.15) is 0 Å². The van der Waals surface area contributed by atoms with Crippen molar-refractivity contribution in [2.24, 2.45) is 5.92 Å². The highest BCUT2D eigenvalue weighted by Crippen LogP contribution is 2.14. The lowest BCUT2D eigenvalue weighted by Crippen LogP contribution is -2.28. The molecular formula is C10H17FO2. The smallest absolute Gasteiger partial charge is 0.176 e. The molecule has 0 bridgehead atoms. The van der Waals surface area contributed by atoms with Crippen molar-refractivity contribution < 1.29 is 14.0 Å². The second-order valence-electron chi connectivity index (χ2n) is 4.21. The Hall–Kier alpha value is -0.730. The highest BCUT2D eigenvalue weighted by Gasteiger charge is 2.27. The van der Waals surface area contributed by atoms with Crippen LogP contribution in [0.5, 0.6) is 0 Å². The van der Waals surface area contributed by atoms with Gasteiger partial charge in [-0.3, -0.25) is 9.59 Å². The normalized spacial score (nSPS) is 11.8. The molecule has 0 fully saturated rings. The topological polar surface area (TPSA) is 34.1 Å². The van der Waals surface area contributed by atoms with E-state index in [1.54, 1.807) is 0 Å². The number of ketones is 2. The van der Waals surface area contributed by atoms with Crippen LogP contribution >= 0.6 is 0 Å². The molecule has 0 heterocycles. The largest absolute Gasteiger partial charge is 0.299 e. The van der Waals surface area contributed by atoms with Gasteiger partial charge in [0.1, 0.15) is 5.78 Å². The fourth-order valence-corrected chi connectivity index (χ4v) is 0.917. The Labute approximate surface area is 78.5 Å². The van der Waals surface area contributed by atoms with Crippen LogP contribution in [0.1, 0.15) is 40.5 Å². The second kappa shape index (κ2) is 4.49. The Morgan fingerprint density at radius 3 is 2.08 bits per heavy atom. The number of rotatable bonds is 5. The van der Waals surface area contributed by atoms with Gasteiger partial charge in [-0.15, -0.1) is 0 Å². The second-order valence-corrected chi connectivity index (χ2v) is 4.21. The molecule has 0 aromatic heterocycles. The third kappa shape index (κ3) is 5.50. The minimum Gasteiger partial charge on any atom is -0.299 e. The van der Waals surface area contributed by atoms with E-state index in [0.717, 1.165) is 0 Å². The lowest BCUT2D eigenvalue weighted by Gasteiger charge is -2.12. The van der Waals surface area contributed by atoms with Crippen molar-refractivity contribution in [3.63, 3.8) is 0 Å². The summed E-state index contributed by atoms with van der Waals surface area (Å²) in [5.74, 6) is -0.577. The fraction of sp³-hybridized carbons (Fsp3) is 0.800. The average Bonchev–Trinajstić information content (AvgIpc) is 1.82. The zero-order chi connectivity index (χ0) is 10.6. The summed E-state index contributed by atoms with van der Waals surface area (Å²) in [6.45, 7) is 6.14. The van der Waals surface area contributed by atoms with Crippen molar-refractivity contribution in [3.05, 3.63) is 0 Å². The zero-order valence-corrected chi connectivity index (χ0v) is 8.69. The first-order chi connectivity index (χ1) is 5.73. The molecule has 76 valence electrons. The number of halogens is 1. The lowest BCUT2D eigenvalue weighted by molar-refractivity contribution is -0.133. The molecule has 0 aliphatic rings. The molecule has 0 amide bonds. The Bertz CT molecular complexity index is 201. The van der Waals surface area contributed by atoms with Gasteiger partial charge in [0.05, 0.1) is 6.42 Å². The molecule has 0 aliphatic heterocycles. The Kier molecular flexibility index (Phi) is 4.24. The molecule has 0 saturated heterocycles. The third-order valence-electron chi connectivity index (χ3n) is 1.66. The van der Waals surface area contributed by atoms with Gasteiger partial charge in [0.2, 0.25) is 0 Å². The minimum atomic E-state index is -1.88. The first-order valence-corrected chi connectivity index (χ1v) is 4.47. The Morgan fingerprint density at radius 1 is 1.31 bits per heavy atom. The maximum atomic E-state index is 13.0. The van der Waals surface area contributed by atoms with Gasteiger partial charge >= 0.3 is 0 Å². The van der Waals surface area contributed by atoms with E-state index >= 15 is 0 Å². The number of carbonyl (C=O) groups excluding carboxylic acids is 2. The van der Waals surface area contributed by atoms with Crippen LogP contribution in [0.25, 0.3) is 0 Å². The van der Waals surface area contributed by atoms with Crippen molar-refractivity contribution >= 4 is 11.6 Å². The molecule has 0 saturated carbocycles. The van der Waals surface area contributed by atoms with Gasteiger partial charge in [0.15, 0.2) is 11.5 Å². The highest BCUT2D eigenvalue weighted by atomic mass is 19.1. The summed E-state index contributed by atoms with van der Waals surface area (Å²) >= 11 is 0. The van der Waals surface area contributed by atoms with Crippen LogP contribution in [-0.4, -0.2) is 17.2 Å². The number of Topliss-reactive ketones (excluding diaryl/α,β-unsaturated/α-hetero) is 2. The van der Waals surface area contributed by atoms with E-state index in [4.69, 9.17) is 0 Å². The molecule has 0 aromatic rings. The van der Waals surface area contributed by atoms with E-state index < -0.39 is 11.5 Å². The number of hydrogen-bond donors (Lipinski definition) is 0. The molecule has 0 radical (unpaired) electrons. The predicted octanol–water partition coefficient (Wildman–Crippen LogP) is 2.31. The van der Waals surface area contributed by atoms with E-state index in [-0.39, 0.29) is 18.1 Å². The molecule has 0 rings (SSSR count). The van der Waals surface area contributed by atoms with Crippen LogP contribution in [0.4, 0.5) is 4.39 Å². The molecule has 0 N–H and O–H groups in total. The molecule has 13 heavy (non-hydrogen) atoms. The van der Waals surface area contributed by atoms with Crippen LogP contribution in [0.3, 0.4) is 0 Å². The zero-order valence-electron chi connectivity index (χ0n) is 8.69. The van der Waals surface area contributed by atoms with Crippen molar-refractivity contribution in [1.82, 2.24) is 0 Å². The lowest BCUT2D eigenvalue weighted by atomic mass is 9.97. The number of alkyl halides is 1. The Balaban J connectivity index is 4.01. The summed E-state index contributed by atoms with van der Waals surface area (Å²) in [7, 11) is 0. The van der Waals surface area contributed by atoms with Crippen LogP contribution < -0.4 is 0 Å². The van der Waals surface area contributed by atoms with Crippen LogP contribution in [-0.2, 0) is 9.59 Å². The number of hydrogen-bond acceptors (Lipinski definition) is 2. The standard InChI is InChI=1S/C10H17FO2/c1-7(2)5-8(12)6-9(13)10(3,4)11/h7H,5-6H2,1-4H3. The van der Waals surface area contributed by atoms with Gasteiger partial charge in [-0.05, 0) is 19.8 Å². The molecule has 2 nitrogen and oxygen atoms in total. The van der Waals surface area contributed by atoms with Crippen molar-refractivity contribution in [2.75, 3.05) is 0 Å². The first kappa shape index (κ1) is 12.3. The predicted molar refractivity (Wildman–Crippen MR) is 49.3 cm³/mol. The molecule has 0 unspecified atom stereocenters. The van der Waals surface area contributed by atoms with E-state index in [2.05, 4.69) is 0 Å². The summed E-state index contributed by atoms with van der Waals surface area (Å²) in [5, 5.41) is 0. The Morgan fingerprint density at radius 2 is 1.77 bits per heavy atom. The van der Waals surface area contributed by atoms with Gasteiger partial charge in [0.25, 0.3) is 0 Å². The van der Waals surface area contributed by atoms with E-state index in [1.165, 1.54) is 13.8 Å². The summed E-state index contributed by atoms with van der Waals surface area (Å²) in [6.07, 6.45) is 0.0729. The van der Waals surface area contributed by atoms with Gasteiger partial charge < -0.3 is 0 Å². The average molecular weight is 188 g/mol. The SMILES string of the molecule is CC(C)CC(=O)CC(=O)C(C)(C)F. The third-order valence-corrected chi connectivity index (χ3v) is 1.66. The van der Waals surface area contributed by atoms with E-state index in [1.807, 2.05) is 13.8 Å². The molecular weight excluding hydrogens is 171 g/mol. The van der Waals surface area contributed by atoms with E-state index in [0.29, 0.717) is 6.42 Å². The van der Waals surface area contributed by atoms with Crippen molar-refractivity contribution in [1.29, 1.82) is 0 Å². The van der Waals surface area contributed by atoms with Crippen molar-refractivity contribution in [2.45, 2.75) is 46.2 Å². The quantitative estimate of drug-likeness (QED) is 0.620. The summed E-state index contributed by atoms with van der Waals surface area (Å²) in [6, 6.07) is 0. The van der Waals surface area contributed by atoms with Gasteiger partial charge in [-0.25, -0.2) is 4.39 Å². The molecule has 3 heteroatoms. The van der Waals surface area contributed by atoms with Crippen molar-refractivity contribution in [3.8, 4) is 0 Å². The van der Waals surface area contributed by atoms with Crippen LogP contribution in [0.15, 0.2) is 0 Å². The summed E-state index contributed by atoms with van der Waals surface area (Å²) in [5.41, 5.74) is -1.88. The maximum absolute atomic E-state index is 13.0. The first-order valence-electron chi connectivity index (χ1n) is 4.47. The van der Waals surface area contributed by atoms with E-state index in [9.17, 15) is 14.0 Å². The molecule has 0 spiro atoms. The van der Waals surface area contributed by atoms with Crippen LogP contribution in [0, 0.1) is 5.92 Å². The van der Waals surface area contributed by atoms with Gasteiger partial charge in [0, 0.05) is 6.42 Å². The van der Waals surface area contributed by atoms with Crippen LogP contribution in [0.2, 0.25) is 0 Å². The highest BCUT2D eigenvalue weighted by molar-refractivity contribution is 6.02. The summed E-state index contributed by atoms with van der Waals surface area (Å²) < 4.78 is 13.0. The summed E-state index contributed by atoms with van der Waals surface area (Å²) in [4.78, 5) is 22.2. The molecule has 0 aromatic carbocycles. The fourth-order valence-electron chi connectivity index (χ4n) is 0.917. The monoisotopic (exact) mass is 188 g/mol. The minimum absolute atomic E-state index is 0.175. The molecule has 0 aliphatic carbocycles. The number of carbonyl (C=O) groups is 2. The maximum Gasteiger partial charge on any atom is 0.176 e. The van der Waals surface area contributed by atoms with Gasteiger partial charge in [-0.1, -0.05) is 13.8 Å².